The van der Waals surface area contributed by atoms with Crippen molar-refractivity contribution in [1.29, 1.82) is 5.26 Å². The van der Waals surface area contributed by atoms with Crippen LogP contribution in [0, 0.1) is 16.7 Å². The second-order valence-electron chi connectivity index (χ2n) is 5.20. The van der Waals surface area contributed by atoms with Gasteiger partial charge in [-0.05, 0) is 30.5 Å². The predicted octanol–water partition coefficient (Wildman–Crippen LogP) is 2.59. The van der Waals surface area contributed by atoms with Crippen LogP contribution in [0.4, 0.5) is 0 Å². The van der Waals surface area contributed by atoms with E-state index < -0.39 is 11.5 Å². The first kappa shape index (κ1) is 13.0. The molecule has 4 nitrogen and oxygen atoms in total. The summed E-state index contributed by atoms with van der Waals surface area (Å²) >= 11 is 0. The first-order chi connectivity index (χ1) is 9.77. The molecule has 1 N–H and O–H groups in total. The second-order valence-corrected chi connectivity index (χ2v) is 5.20. The molecule has 0 amide bonds. The van der Waals surface area contributed by atoms with Crippen molar-refractivity contribution in [1.82, 2.24) is 4.98 Å². The number of aliphatic hydroxyl groups excluding tert-OH is 1. The molecule has 20 heavy (non-hydrogen) atoms. The molecule has 4 heteroatoms. The lowest BCUT2D eigenvalue weighted by molar-refractivity contribution is -0.0304. The number of aliphatic hydroxyl groups is 1. The lowest BCUT2D eigenvalue weighted by Crippen LogP contribution is -2.34. The minimum Gasteiger partial charge on any atom is -0.387 e. The summed E-state index contributed by atoms with van der Waals surface area (Å²) < 4.78 is 5.33. The van der Waals surface area contributed by atoms with Crippen molar-refractivity contribution in [3.8, 4) is 6.07 Å². The third kappa shape index (κ3) is 2.05. The van der Waals surface area contributed by atoms with E-state index >= 15 is 0 Å². The van der Waals surface area contributed by atoms with Crippen molar-refractivity contribution in [2.24, 2.45) is 5.41 Å². The topological polar surface area (TPSA) is 66.1 Å². The van der Waals surface area contributed by atoms with E-state index in [1.165, 1.54) is 0 Å². The molecule has 3 rings (SSSR count). The predicted molar refractivity (Wildman–Crippen MR) is 74.8 cm³/mol. The molecule has 2 aromatic rings. The van der Waals surface area contributed by atoms with Gasteiger partial charge >= 0.3 is 0 Å². The molecule has 1 aliphatic rings. The maximum absolute atomic E-state index is 10.8. The van der Waals surface area contributed by atoms with Crippen molar-refractivity contribution in [3.05, 3.63) is 42.1 Å². The summed E-state index contributed by atoms with van der Waals surface area (Å²) in [5.74, 6) is 0. The van der Waals surface area contributed by atoms with Gasteiger partial charge in [-0.2, -0.15) is 5.26 Å². The average Bonchev–Trinajstić information content (AvgIpc) is 2.54. The number of fused-ring (bicyclic) bond motifs is 1. The quantitative estimate of drug-likeness (QED) is 0.909. The number of nitriles is 1. The lowest BCUT2D eigenvalue weighted by atomic mass is 9.73. The molecular formula is C16H16N2O2. The molecule has 1 aliphatic heterocycles. The van der Waals surface area contributed by atoms with Gasteiger partial charge in [-0.25, -0.2) is 0 Å². The highest BCUT2D eigenvalue weighted by molar-refractivity contribution is 5.82. The Bertz CT molecular complexity index is 652. The van der Waals surface area contributed by atoms with E-state index in [2.05, 4.69) is 11.1 Å². The van der Waals surface area contributed by atoms with Crippen LogP contribution in [0.2, 0.25) is 0 Å². The standard InChI is InChI=1S/C16H16N2O2/c17-11-16(6-9-20-10-7-16)15(19)13-5-8-18-14-4-2-1-3-12(13)14/h1-5,8,15,19H,6-7,9-10H2. The summed E-state index contributed by atoms with van der Waals surface area (Å²) in [6.07, 6.45) is 1.98. The van der Waals surface area contributed by atoms with Crippen molar-refractivity contribution in [2.45, 2.75) is 18.9 Å². The van der Waals surface area contributed by atoms with Crippen LogP contribution in [0.15, 0.2) is 36.5 Å². The highest BCUT2D eigenvalue weighted by atomic mass is 16.5. The molecule has 1 fully saturated rings. The fraction of sp³-hybridized carbons (Fsp3) is 0.375. The Kier molecular flexibility index (Phi) is 3.39. The number of ether oxygens (including phenoxy) is 1. The zero-order chi connectivity index (χ0) is 14.0. The fourth-order valence-corrected chi connectivity index (χ4v) is 2.84. The Hall–Kier alpha value is -1.96. The molecule has 0 radical (unpaired) electrons. The maximum Gasteiger partial charge on any atom is 0.0985 e. The number of pyridine rings is 1. The van der Waals surface area contributed by atoms with Gasteiger partial charge in [-0.15, -0.1) is 0 Å². The van der Waals surface area contributed by atoms with Crippen LogP contribution >= 0.6 is 0 Å². The fourth-order valence-electron chi connectivity index (χ4n) is 2.84. The number of aromatic nitrogens is 1. The highest BCUT2D eigenvalue weighted by Gasteiger charge is 2.41. The monoisotopic (exact) mass is 268 g/mol. The van der Waals surface area contributed by atoms with Gasteiger partial charge in [0.2, 0.25) is 0 Å². The molecule has 0 bridgehead atoms. The summed E-state index contributed by atoms with van der Waals surface area (Å²) in [6, 6.07) is 11.8. The van der Waals surface area contributed by atoms with Crippen LogP contribution in [-0.2, 0) is 4.74 Å². The largest absolute Gasteiger partial charge is 0.387 e. The van der Waals surface area contributed by atoms with Gasteiger partial charge in [0.05, 0.1) is 23.1 Å². The molecule has 0 aliphatic carbocycles. The maximum atomic E-state index is 10.8. The SMILES string of the molecule is N#CC1(C(O)c2ccnc3ccccc23)CCOCC1. The molecule has 1 aromatic heterocycles. The van der Waals surface area contributed by atoms with Gasteiger partial charge in [0.15, 0.2) is 0 Å². The second kappa shape index (κ2) is 5.20. The van der Waals surface area contributed by atoms with Crippen molar-refractivity contribution in [3.63, 3.8) is 0 Å². The van der Waals surface area contributed by atoms with E-state index in [1.54, 1.807) is 6.20 Å². The smallest absolute Gasteiger partial charge is 0.0985 e. The molecule has 1 atom stereocenters. The van der Waals surface area contributed by atoms with E-state index in [-0.39, 0.29) is 0 Å². The summed E-state index contributed by atoms with van der Waals surface area (Å²) in [5.41, 5.74) is 0.853. The third-order valence-corrected chi connectivity index (χ3v) is 4.11. The number of hydrogen-bond donors (Lipinski definition) is 1. The minimum atomic E-state index is -0.815. The van der Waals surface area contributed by atoms with Gasteiger partial charge in [-0.1, -0.05) is 18.2 Å². The lowest BCUT2D eigenvalue weighted by Gasteiger charge is -2.35. The van der Waals surface area contributed by atoms with Crippen molar-refractivity contribution in [2.75, 3.05) is 13.2 Å². The Labute approximate surface area is 117 Å². The van der Waals surface area contributed by atoms with Crippen LogP contribution in [0.25, 0.3) is 10.9 Å². The van der Waals surface area contributed by atoms with Gasteiger partial charge in [0.25, 0.3) is 0 Å². The molecule has 1 unspecified atom stereocenters. The first-order valence-corrected chi connectivity index (χ1v) is 6.77. The van der Waals surface area contributed by atoms with Gasteiger partial charge in [0, 0.05) is 24.8 Å². The first-order valence-electron chi connectivity index (χ1n) is 6.77. The molecular weight excluding hydrogens is 252 g/mol. The average molecular weight is 268 g/mol. The van der Waals surface area contributed by atoms with E-state index in [0.717, 1.165) is 16.5 Å². The number of rotatable bonds is 2. The zero-order valence-corrected chi connectivity index (χ0v) is 11.1. The Balaban J connectivity index is 2.08. The van der Waals surface area contributed by atoms with Crippen LogP contribution in [0.5, 0.6) is 0 Å². The Morgan fingerprint density at radius 2 is 2.00 bits per heavy atom. The number of benzene rings is 1. The highest BCUT2D eigenvalue weighted by Crippen LogP contribution is 2.43. The van der Waals surface area contributed by atoms with Crippen LogP contribution in [0.3, 0.4) is 0 Å². The van der Waals surface area contributed by atoms with E-state index in [4.69, 9.17) is 4.74 Å². The summed E-state index contributed by atoms with van der Waals surface area (Å²) in [7, 11) is 0. The molecule has 1 saturated heterocycles. The van der Waals surface area contributed by atoms with Crippen LogP contribution < -0.4 is 0 Å². The molecule has 1 aromatic carbocycles. The van der Waals surface area contributed by atoms with E-state index in [1.807, 2.05) is 30.3 Å². The zero-order valence-electron chi connectivity index (χ0n) is 11.1. The van der Waals surface area contributed by atoms with Gasteiger partial charge in [0.1, 0.15) is 0 Å². The Morgan fingerprint density at radius 3 is 2.75 bits per heavy atom. The Morgan fingerprint density at radius 1 is 1.25 bits per heavy atom. The number of para-hydroxylation sites is 1. The number of hydrogen-bond acceptors (Lipinski definition) is 4. The van der Waals surface area contributed by atoms with Crippen LogP contribution in [-0.4, -0.2) is 23.3 Å². The van der Waals surface area contributed by atoms with E-state index in [9.17, 15) is 10.4 Å². The summed E-state index contributed by atoms with van der Waals surface area (Å²) in [6.45, 7) is 1.04. The summed E-state index contributed by atoms with van der Waals surface area (Å²) in [5, 5.41) is 21.3. The summed E-state index contributed by atoms with van der Waals surface area (Å²) in [4.78, 5) is 4.30. The molecule has 102 valence electrons. The molecule has 2 heterocycles. The van der Waals surface area contributed by atoms with Gasteiger partial charge in [-0.3, -0.25) is 4.98 Å². The number of nitrogens with zero attached hydrogens (tertiary/aromatic N) is 2. The van der Waals surface area contributed by atoms with Crippen LogP contribution in [0.1, 0.15) is 24.5 Å². The third-order valence-electron chi connectivity index (χ3n) is 4.11. The minimum absolute atomic E-state index is 0.521. The normalized spacial score (nSPS) is 19.4. The van der Waals surface area contributed by atoms with Crippen molar-refractivity contribution < 1.29 is 9.84 Å². The molecule has 0 saturated carbocycles. The van der Waals surface area contributed by atoms with E-state index in [0.29, 0.717) is 26.1 Å². The molecule has 0 spiro atoms. The van der Waals surface area contributed by atoms with Crippen molar-refractivity contribution >= 4 is 10.9 Å². The van der Waals surface area contributed by atoms with Gasteiger partial charge < -0.3 is 9.84 Å².